The van der Waals surface area contributed by atoms with E-state index in [4.69, 9.17) is 26.2 Å². The minimum absolute atomic E-state index is 0.211. The maximum atomic E-state index is 15.1. The number of aliphatic hydroxyl groups is 1. The smallest absolute Gasteiger partial charge is 0.258 e. The van der Waals surface area contributed by atoms with Crippen molar-refractivity contribution in [2.24, 2.45) is 7.05 Å². The molecular formula is C23H25ClFNO5. The molecule has 2 aromatic carbocycles. The van der Waals surface area contributed by atoms with Crippen LogP contribution in [-0.2, 0) is 16.6 Å². The molecular weight excluding hydrogens is 425 g/mol. The van der Waals surface area contributed by atoms with Crippen molar-refractivity contribution >= 4 is 28.7 Å². The number of hydrogen-bond acceptors (Lipinski definition) is 5. The lowest BCUT2D eigenvalue weighted by Gasteiger charge is -2.23. The van der Waals surface area contributed by atoms with Crippen molar-refractivity contribution in [2.45, 2.75) is 26.1 Å². The van der Waals surface area contributed by atoms with E-state index in [0.29, 0.717) is 33.4 Å². The predicted molar refractivity (Wildman–Crippen MR) is 119 cm³/mol. The maximum absolute atomic E-state index is 15.1. The number of aromatic nitrogens is 1. The van der Waals surface area contributed by atoms with Gasteiger partial charge in [-0.3, -0.25) is 4.79 Å². The van der Waals surface area contributed by atoms with Gasteiger partial charge in [-0.05, 0) is 49.6 Å². The molecule has 0 spiro atoms. The number of nitrogens with zero attached hydrogens (tertiary/aromatic N) is 1. The zero-order valence-corrected chi connectivity index (χ0v) is 18.7. The second-order valence-corrected chi connectivity index (χ2v) is 7.34. The Labute approximate surface area is 184 Å². The average molecular weight is 450 g/mol. The quantitative estimate of drug-likeness (QED) is 0.568. The Morgan fingerprint density at radius 3 is 2.35 bits per heavy atom. The molecule has 0 saturated carbocycles. The molecule has 31 heavy (non-hydrogen) atoms. The Morgan fingerprint density at radius 2 is 1.81 bits per heavy atom. The van der Waals surface area contributed by atoms with E-state index in [2.05, 4.69) is 0 Å². The summed E-state index contributed by atoms with van der Waals surface area (Å²) in [5, 5.41) is 8.19. The van der Waals surface area contributed by atoms with Crippen LogP contribution in [-0.4, -0.2) is 36.3 Å². The molecule has 0 radical (unpaired) electrons. The van der Waals surface area contributed by atoms with E-state index in [1.807, 2.05) is 0 Å². The molecule has 0 fully saturated rings. The third-order valence-corrected chi connectivity index (χ3v) is 4.90. The van der Waals surface area contributed by atoms with E-state index in [1.165, 1.54) is 24.8 Å². The van der Waals surface area contributed by atoms with Gasteiger partial charge in [-0.1, -0.05) is 11.6 Å². The average Bonchev–Trinajstić information content (AvgIpc) is 2.76. The topological polar surface area (TPSA) is 77.8 Å². The van der Waals surface area contributed by atoms with Gasteiger partial charge in [0.15, 0.2) is 12.4 Å². The molecule has 1 atom stereocenters. The van der Waals surface area contributed by atoms with Gasteiger partial charge in [0.1, 0.15) is 11.6 Å². The number of ether oxygens (including phenoxy) is 2. The summed E-state index contributed by atoms with van der Waals surface area (Å²) in [5.41, 5.74) is 0.520. The predicted octanol–water partition coefficient (Wildman–Crippen LogP) is 4.28. The highest BCUT2D eigenvalue weighted by molar-refractivity contribution is 6.31. The fourth-order valence-corrected chi connectivity index (χ4v) is 3.57. The summed E-state index contributed by atoms with van der Waals surface area (Å²) in [5.74, 6) is -0.204. The van der Waals surface area contributed by atoms with Crippen LogP contribution in [0.1, 0.15) is 25.6 Å². The molecule has 0 amide bonds. The number of carbonyl (C=O) groups is 1. The second-order valence-electron chi connectivity index (χ2n) is 6.90. The Kier molecular flexibility index (Phi) is 8.33. The second kappa shape index (κ2) is 10.5. The van der Waals surface area contributed by atoms with Gasteiger partial charge >= 0.3 is 0 Å². The third-order valence-electron chi connectivity index (χ3n) is 4.66. The molecule has 0 aliphatic rings. The fourth-order valence-electron chi connectivity index (χ4n) is 3.40. The van der Waals surface area contributed by atoms with Crippen molar-refractivity contribution in [1.29, 1.82) is 0 Å². The summed E-state index contributed by atoms with van der Waals surface area (Å²) in [4.78, 5) is 24.9. The van der Waals surface area contributed by atoms with Gasteiger partial charge in [0, 0.05) is 41.8 Å². The van der Waals surface area contributed by atoms with Crippen molar-refractivity contribution in [3.05, 3.63) is 63.3 Å². The molecule has 3 rings (SSSR count). The van der Waals surface area contributed by atoms with Crippen molar-refractivity contribution in [1.82, 2.24) is 4.57 Å². The van der Waals surface area contributed by atoms with E-state index >= 15 is 4.39 Å². The number of rotatable bonds is 6. The van der Waals surface area contributed by atoms with Crippen LogP contribution in [0.5, 0.6) is 5.75 Å². The van der Waals surface area contributed by atoms with Gasteiger partial charge in [-0.25, -0.2) is 4.39 Å². The first-order valence-corrected chi connectivity index (χ1v) is 9.87. The lowest BCUT2D eigenvalue weighted by atomic mass is 9.94. The molecule has 1 unspecified atom stereocenters. The van der Waals surface area contributed by atoms with Gasteiger partial charge in [0.05, 0.1) is 18.9 Å². The van der Waals surface area contributed by atoms with E-state index in [1.54, 1.807) is 44.2 Å². The highest BCUT2D eigenvalue weighted by Crippen LogP contribution is 2.38. The molecule has 0 saturated heterocycles. The first-order valence-electron chi connectivity index (χ1n) is 9.50. The van der Waals surface area contributed by atoms with Crippen LogP contribution in [0, 0.1) is 5.82 Å². The van der Waals surface area contributed by atoms with E-state index in [9.17, 15) is 9.59 Å². The standard InChI is InChI=1S/C22H21ClFNO4.CH4O/c1-12(2)29-19(11-26)21-20(16-8-6-14(28-4)10-18(16)24)17-9-13(23)5-7-15(17)22(27)25(21)3;1-2/h5-12,19H,1-4H3;2H,1H3. The Hall–Kier alpha value is -2.74. The lowest BCUT2D eigenvalue weighted by molar-refractivity contribution is -0.121. The Morgan fingerprint density at radius 1 is 1.13 bits per heavy atom. The third kappa shape index (κ3) is 4.95. The van der Waals surface area contributed by atoms with E-state index < -0.39 is 11.9 Å². The largest absolute Gasteiger partial charge is 0.497 e. The van der Waals surface area contributed by atoms with Crippen LogP contribution < -0.4 is 10.3 Å². The van der Waals surface area contributed by atoms with Gasteiger partial charge < -0.3 is 23.9 Å². The van der Waals surface area contributed by atoms with Gasteiger partial charge in [-0.2, -0.15) is 0 Å². The highest BCUT2D eigenvalue weighted by Gasteiger charge is 2.26. The number of hydrogen-bond donors (Lipinski definition) is 1. The molecule has 0 bridgehead atoms. The molecule has 3 aromatic rings. The van der Waals surface area contributed by atoms with Crippen molar-refractivity contribution in [2.75, 3.05) is 14.2 Å². The first kappa shape index (κ1) is 24.5. The lowest BCUT2D eigenvalue weighted by Crippen LogP contribution is -2.26. The summed E-state index contributed by atoms with van der Waals surface area (Å²) in [6, 6.07) is 9.20. The monoisotopic (exact) mass is 449 g/mol. The van der Waals surface area contributed by atoms with Gasteiger partial charge in [-0.15, -0.1) is 0 Å². The zero-order chi connectivity index (χ0) is 23.3. The van der Waals surface area contributed by atoms with Crippen LogP contribution in [0.3, 0.4) is 0 Å². The number of carbonyl (C=O) groups excluding carboxylic acids is 1. The van der Waals surface area contributed by atoms with Crippen molar-refractivity contribution in [3.63, 3.8) is 0 Å². The SMILES string of the molecule is CO.COc1ccc(-c2c(C(C=O)OC(C)C)n(C)c(=O)c3ccc(Cl)cc23)c(F)c1. The van der Waals surface area contributed by atoms with Gasteiger partial charge in [0.2, 0.25) is 0 Å². The van der Waals surface area contributed by atoms with Crippen LogP contribution in [0.15, 0.2) is 41.2 Å². The van der Waals surface area contributed by atoms with E-state index in [-0.39, 0.29) is 22.9 Å². The molecule has 1 aromatic heterocycles. The molecule has 0 aliphatic carbocycles. The summed E-state index contributed by atoms with van der Waals surface area (Å²) in [7, 11) is 3.98. The minimum Gasteiger partial charge on any atom is -0.497 e. The molecule has 166 valence electrons. The maximum Gasteiger partial charge on any atom is 0.258 e. The number of aldehydes is 1. The Balaban J connectivity index is 0.00000166. The van der Waals surface area contributed by atoms with Crippen LogP contribution in [0.2, 0.25) is 5.02 Å². The number of benzene rings is 2. The summed E-state index contributed by atoms with van der Waals surface area (Å²) >= 11 is 6.18. The fraction of sp³-hybridized carbons (Fsp3) is 0.304. The molecule has 1 heterocycles. The molecule has 6 nitrogen and oxygen atoms in total. The summed E-state index contributed by atoms with van der Waals surface area (Å²) < 4.78 is 27.2. The van der Waals surface area contributed by atoms with Crippen molar-refractivity contribution in [3.8, 4) is 16.9 Å². The van der Waals surface area contributed by atoms with Crippen LogP contribution in [0.4, 0.5) is 4.39 Å². The highest BCUT2D eigenvalue weighted by atomic mass is 35.5. The summed E-state index contributed by atoms with van der Waals surface area (Å²) in [6.07, 6.45) is -0.743. The number of methoxy groups -OCH3 is 1. The molecule has 8 heteroatoms. The molecule has 0 aliphatic heterocycles. The number of aliphatic hydroxyl groups excluding tert-OH is 1. The van der Waals surface area contributed by atoms with Crippen molar-refractivity contribution < 1.29 is 23.8 Å². The molecule has 1 N–H and O–H groups in total. The van der Waals surface area contributed by atoms with Crippen LogP contribution in [0.25, 0.3) is 21.9 Å². The number of halogens is 2. The number of fused-ring (bicyclic) bond motifs is 1. The normalized spacial score (nSPS) is 11.8. The first-order chi connectivity index (χ1) is 14.8. The minimum atomic E-state index is -1.06. The summed E-state index contributed by atoms with van der Waals surface area (Å²) in [6.45, 7) is 3.56. The Bertz CT molecular complexity index is 1140. The van der Waals surface area contributed by atoms with Gasteiger partial charge in [0.25, 0.3) is 5.56 Å². The van der Waals surface area contributed by atoms with Crippen LogP contribution >= 0.6 is 11.6 Å². The zero-order valence-electron chi connectivity index (χ0n) is 18.0. The van der Waals surface area contributed by atoms with E-state index in [0.717, 1.165) is 7.11 Å². The number of pyridine rings is 1.